The number of pyridine rings is 1. The Hall–Kier alpha value is -2.94. The van der Waals surface area contributed by atoms with E-state index in [2.05, 4.69) is 36.4 Å². The minimum atomic E-state index is -0.260. The van der Waals surface area contributed by atoms with Crippen LogP contribution >= 0.6 is 0 Å². The van der Waals surface area contributed by atoms with Gasteiger partial charge in [-0.3, -0.25) is 4.79 Å². The van der Waals surface area contributed by atoms with Crippen LogP contribution in [-0.4, -0.2) is 61.4 Å². The molecule has 2 aromatic heterocycles. The van der Waals surface area contributed by atoms with Gasteiger partial charge in [0.25, 0.3) is 5.91 Å². The van der Waals surface area contributed by atoms with Crippen LogP contribution in [0.2, 0.25) is 0 Å². The Balaban J connectivity index is 1.48. The largest absolute Gasteiger partial charge is 0.373 e. The predicted octanol–water partition coefficient (Wildman–Crippen LogP) is 1.40. The Bertz CT molecular complexity index is 855. The molecule has 1 spiro atoms. The first kappa shape index (κ1) is 18.4. The van der Waals surface area contributed by atoms with E-state index in [-0.39, 0.29) is 5.91 Å². The Kier molecular flexibility index (Phi) is 4.76. The molecule has 0 bridgehead atoms. The second-order valence-electron chi connectivity index (χ2n) is 7.82. The SMILES string of the molecule is CNc1ccc(C(=O)Nc2ccc(N(C)C)nn2)c(NC2CC3(CNC3)C2)n1. The minimum absolute atomic E-state index is 0.260. The van der Waals surface area contributed by atoms with Crippen molar-refractivity contribution in [3.63, 3.8) is 0 Å². The Morgan fingerprint density at radius 3 is 2.46 bits per heavy atom. The third-order valence-corrected chi connectivity index (χ3v) is 5.45. The van der Waals surface area contributed by atoms with Crippen molar-refractivity contribution in [3.05, 3.63) is 29.8 Å². The van der Waals surface area contributed by atoms with Gasteiger partial charge in [0, 0.05) is 40.3 Å². The van der Waals surface area contributed by atoms with E-state index in [9.17, 15) is 4.79 Å². The summed E-state index contributed by atoms with van der Waals surface area (Å²) >= 11 is 0. The van der Waals surface area contributed by atoms with Crippen LogP contribution in [-0.2, 0) is 0 Å². The number of hydrogen-bond acceptors (Lipinski definition) is 8. The van der Waals surface area contributed by atoms with Gasteiger partial charge in [0.05, 0.1) is 5.56 Å². The lowest BCUT2D eigenvalue weighted by molar-refractivity contribution is 0.0469. The summed E-state index contributed by atoms with van der Waals surface area (Å²) < 4.78 is 0. The maximum absolute atomic E-state index is 12.8. The Labute approximate surface area is 164 Å². The number of hydrogen-bond donors (Lipinski definition) is 4. The average Bonchev–Trinajstić information content (AvgIpc) is 2.63. The number of aromatic nitrogens is 3. The first-order valence-corrected chi connectivity index (χ1v) is 9.46. The van der Waals surface area contributed by atoms with Crippen molar-refractivity contribution in [2.24, 2.45) is 5.41 Å². The van der Waals surface area contributed by atoms with Gasteiger partial charge in [0.2, 0.25) is 0 Å². The zero-order valence-electron chi connectivity index (χ0n) is 16.4. The molecule has 9 heteroatoms. The van der Waals surface area contributed by atoms with Crippen molar-refractivity contribution in [1.82, 2.24) is 20.5 Å². The fourth-order valence-electron chi connectivity index (χ4n) is 3.75. The van der Waals surface area contributed by atoms with E-state index >= 15 is 0 Å². The smallest absolute Gasteiger partial charge is 0.260 e. The molecular formula is C19H26N8O. The monoisotopic (exact) mass is 382 g/mol. The van der Waals surface area contributed by atoms with Gasteiger partial charge in [-0.1, -0.05) is 0 Å². The normalized spacial score (nSPS) is 17.4. The molecule has 28 heavy (non-hydrogen) atoms. The molecule has 1 aliphatic heterocycles. The number of nitrogens with zero attached hydrogens (tertiary/aromatic N) is 4. The van der Waals surface area contributed by atoms with Crippen molar-refractivity contribution >= 4 is 29.2 Å². The maximum atomic E-state index is 12.8. The Morgan fingerprint density at radius 1 is 1.14 bits per heavy atom. The van der Waals surface area contributed by atoms with Crippen LogP contribution in [0.15, 0.2) is 24.3 Å². The second-order valence-corrected chi connectivity index (χ2v) is 7.82. The molecule has 1 saturated heterocycles. The number of amides is 1. The van der Waals surface area contributed by atoms with E-state index in [1.54, 1.807) is 18.2 Å². The number of rotatable bonds is 6. The van der Waals surface area contributed by atoms with Crippen molar-refractivity contribution in [3.8, 4) is 0 Å². The van der Waals surface area contributed by atoms with Crippen LogP contribution in [0.1, 0.15) is 23.2 Å². The van der Waals surface area contributed by atoms with E-state index in [4.69, 9.17) is 0 Å². The van der Waals surface area contributed by atoms with E-state index < -0.39 is 0 Å². The molecule has 2 aliphatic rings. The Morgan fingerprint density at radius 2 is 1.89 bits per heavy atom. The van der Waals surface area contributed by atoms with Crippen molar-refractivity contribution < 1.29 is 4.79 Å². The molecule has 1 amide bonds. The van der Waals surface area contributed by atoms with E-state index in [1.807, 2.05) is 32.1 Å². The van der Waals surface area contributed by atoms with Gasteiger partial charge in [0.1, 0.15) is 11.6 Å². The summed E-state index contributed by atoms with van der Waals surface area (Å²) in [6.45, 7) is 2.17. The molecule has 9 nitrogen and oxygen atoms in total. The van der Waals surface area contributed by atoms with Crippen molar-refractivity contribution in [2.75, 3.05) is 55.1 Å². The van der Waals surface area contributed by atoms with Gasteiger partial charge in [-0.25, -0.2) is 4.98 Å². The predicted molar refractivity (Wildman–Crippen MR) is 110 cm³/mol. The van der Waals surface area contributed by atoms with Gasteiger partial charge in [-0.2, -0.15) is 0 Å². The third-order valence-electron chi connectivity index (χ3n) is 5.45. The molecule has 0 radical (unpaired) electrons. The number of anilines is 4. The molecule has 0 unspecified atom stereocenters. The summed E-state index contributed by atoms with van der Waals surface area (Å²) in [6, 6.07) is 7.45. The van der Waals surface area contributed by atoms with Crippen LogP contribution in [0, 0.1) is 5.41 Å². The standard InChI is InChI=1S/C19H26N8O/c1-20-14-5-4-13(17(23-14)22-12-8-19(9-12)10-21-11-19)18(28)24-15-6-7-16(26-25-15)27(2)3/h4-7,12,21H,8-11H2,1-3H3,(H2,20,22,23)(H,24,25,28). The number of nitrogens with one attached hydrogen (secondary N) is 4. The fraction of sp³-hybridized carbons (Fsp3) is 0.474. The molecule has 2 fully saturated rings. The van der Waals surface area contributed by atoms with E-state index in [0.717, 1.165) is 31.7 Å². The summed E-state index contributed by atoms with van der Waals surface area (Å²) in [6.07, 6.45) is 2.20. The molecule has 1 aliphatic carbocycles. The highest BCUT2D eigenvalue weighted by molar-refractivity contribution is 6.07. The highest BCUT2D eigenvalue weighted by Gasteiger charge is 2.48. The molecule has 0 aromatic carbocycles. The van der Waals surface area contributed by atoms with Crippen molar-refractivity contribution in [1.29, 1.82) is 0 Å². The quantitative estimate of drug-likeness (QED) is 0.594. The van der Waals surface area contributed by atoms with Crippen LogP contribution in [0.5, 0.6) is 0 Å². The summed E-state index contributed by atoms with van der Waals surface area (Å²) in [5.74, 6) is 2.18. The first-order valence-electron chi connectivity index (χ1n) is 9.46. The van der Waals surface area contributed by atoms with Gasteiger partial charge >= 0.3 is 0 Å². The van der Waals surface area contributed by atoms with Gasteiger partial charge in [0.15, 0.2) is 11.6 Å². The molecular weight excluding hydrogens is 356 g/mol. The zero-order chi connectivity index (χ0) is 19.7. The highest BCUT2D eigenvalue weighted by Crippen LogP contribution is 2.45. The molecule has 0 atom stereocenters. The lowest BCUT2D eigenvalue weighted by Gasteiger charge is -2.54. The third kappa shape index (κ3) is 3.57. The number of carbonyl (C=O) groups excluding carboxylic acids is 1. The molecule has 4 rings (SSSR count). The number of carbonyl (C=O) groups is 1. The average molecular weight is 382 g/mol. The molecule has 148 valence electrons. The summed E-state index contributed by atoms with van der Waals surface area (Å²) in [5, 5.41) is 20.8. The topological polar surface area (TPSA) is 107 Å². The first-order chi connectivity index (χ1) is 13.5. The lowest BCUT2D eigenvalue weighted by Crippen LogP contribution is -2.63. The van der Waals surface area contributed by atoms with Gasteiger partial charge in [-0.15, -0.1) is 10.2 Å². The van der Waals surface area contributed by atoms with Crippen LogP contribution < -0.4 is 26.2 Å². The summed E-state index contributed by atoms with van der Waals surface area (Å²) in [5.41, 5.74) is 0.940. The van der Waals surface area contributed by atoms with Crippen molar-refractivity contribution in [2.45, 2.75) is 18.9 Å². The lowest BCUT2D eigenvalue weighted by atomic mass is 9.61. The fourth-order valence-corrected chi connectivity index (χ4v) is 3.75. The minimum Gasteiger partial charge on any atom is -0.373 e. The molecule has 1 saturated carbocycles. The molecule has 4 N–H and O–H groups in total. The zero-order valence-corrected chi connectivity index (χ0v) is 16.4. The summed E-state index contributed by atoms with van der Waals surface area (Å²) in [7, 11) is 5.59. The van der Waals surface area contributed by atoms with Gasteiger partial charge < -0.3 is 26.2 Å². The molecule has 2 aromatic rings. The second kappa shape index (κ2) is 7.23. The van der Waals surface area contributed by atoms with E-state index in [0.29, 0.717) is 34.5 Å². The van der Waals surface area contributed by atoms with Crippen LogP contribution in [0.3, 0.4) is 0 Å². The molecule has 3 heterocycles. The van der Waals surface area contributed by atoms with E-state index in [1.165, 1.54) is 0 Å². The van der Waals surface area contributed by atoms with Crippen LogP contribution in [0.25, 0.3) is 0 Å². The highest BCUT2D eigenvalue weighted by atomic mass is 16.1. The van der Waals surface area contributed by atoms with Crippen LogP contribution in [0.4, 0.5) is 23.3 Å². The van der Waals surface area contributed by atoms with Gasteiger partial charge in [-0.05, 0) is 42.5 Å². The maximum Gasteiger partial charge on any atom is 0.260 e. The summed E-state index contributed by atoms with van der Waals surface area (Å²) in [4.78, 5) is 19.3.